The molecule has 1 aromatic rings. The summed E-state index contributed by atoms with van der Waals surface area (Å²) < 4.78 is 11.4. The van der Waals surface area contributed by atoms with Crippen molar-refractivity contribution in [3.8, 4) is 11.5 Å². The Bertz CT molecular complexity index is 464. The van der Waals surface area contributed by atoms with Crippen LogP contribution in [0.1, 0.15) is 37.3 Å². The van der Waals surface area contributed by atoms with Crippen LogP contribution in [0.3, 0.4) is 0 Å². The fourth-order valence-electron chi connectivity index (χ4n) is 3.13. The molecule has 2 atom stereocenters. The highest BCUT2D eigenvalue weighted by atomic mass is 16.5. The van der Waals surface area contributed by atoms with Gasteiger partial charge >= 0.3 is 0 Å². The summed E-state index contributed by atoms with van der Waals surface area (Å²) in [5.74, 6) is 1.76. The van der Waals surface area contributed by atoms with Crippen molar-refractivity contribution in [1.29, 1.82) is 0 Å². The van der Waals surface area contributed by atoms with Gasteiger partial charge in [-0.05, 0) is 45.0 Å². The summed E-state index contributed by atoms with van der Waals surface area (Å²) in [4.78, 5) is 2.46. The van der Waals surface area contributed by atoms with Gasteiger partial charge < -0.3 is 20.1 Å². The molecular weight excluding hydrogens is 252 g/mol. The van der Waals surface area contributed by atoms with Crippen molar-refractivity contribution < 1.29 is 9.47 Å². The predicted molar refractivity (Wildman–Crippen MR) is 79.2 cm³/mol. The molecule has 3 rings (SSSR count). The van der Waals surface area contributed by atoms with Gasteiger partial charge in [-0.3, -0.25) is 0 Å². The maximum absolute atomic E-state index is 5.94. The van der Waals surface area contributed by atoms with Crippen molar-refractivity contribution in [2.75, 3.05) is 26.8 Å². The molecule has 2 unspecified atom stereocenters. The number of rotatable bonds is 4. The van der Waals surface area contributed by atoms with E-state index in [1.165, 1.54) is 25.8 Å². The number of hydrogen-bond donors (Lipinski definition) is 1. The zero-order valence-corrected chi connectivity index (χ0v) is 12.2. The molecule has 110 valence electrons. The third-order valence-corrected chi connectivity index (χ3v) is 4.44. The minimum Gasteiger partial charge on any atom is -0.493 e. The molecule has 1 fully saturated rings. The van der Waals surface area contributed by atoms with E-state index in [1.807, 2.05) is 18.2 Å². The summed E-state index contributed by atoms with van der Waals surface area (Å²) in [7, 11) is 2.22. The van der Waals surface area contributed by atoms with Gasteiger partial charge in [0.1, 0.15) is 18.1 Å². The average Bonchev–Trinajstić information content (AvgIpc) is 2.82. The molecular formula is C16H24N2O2. The van der Waals surface area contributed by atoms with Crippen LogP contribution >= 0.6 is 0 Å². The monoisotopic (exact) mass is 276 g/mol. The number of ether oxygens (including phenoxy) is 2. The first-order valence-electron chi connectivity index (χ1n) is 7.59. The van der Waals surface area contributed by atoms with Crippen LogP contribution in [0.4, 0.5) is 0 Å². The lowest BCUT2D eigenvalue weighted by Crippen LogP contribution is -2.37. The molecule has 1 saturated heterocycles. The minimum absolute atomic E-state index is 0.00920. The second kappa shape index (κ2) is 6.02. The zero-order chi connectivity index (χ0) is 13.9. The molecule has 0 spiro atoms. The van der Waals surface area contributed by atoms with Gasteiger partial charge in [-0.2, -0.15) is 0 Å². The third kappa shape index (κ3) is 2.91. The number of benzene rings is 1. The summed E-state index contributed by atoms with van der Waals surface area (Å²) >= 11 is 0. The van der Waals surface area contributed by atoms with Crippen molar-refractivity contribution >= 4 is 0 Å². The van der Waals surface area contributed by atoms with Crippen LogP contribution in [0.2, 0.25) is 0 Å². The molecule has 2 heterocycles. The van der Waals surface area contributed by atoms with Crippen molar-refractivity contribution in [2.24, 2.45) is 5.73 Å². The highest BCUT2D eigenvalue weighted by Crippen LogP contribution is 2.34. The van der Waals surface area contributed by atoms with Crippen LogP contribution in [0.25, 0.3) is 0 Å². The molecule has 1 aromatic carbocycles. The predicted octanol–water partition coefficient (Wildman–Crippen LogP) is 2.33. The number of nitrogens with two attached hydrogens (primary N) is 1. The SMILES string of the molecule is CN1CCCCC1CCOc1ccc2c(c1)OCC2N. The fourth-order valence-corrected chi connectivity index (χ4v) is 3.13. The number of nitrogens with zero attached hydrogens (tertiary/aromatic N) is 1. The Morgan fingerprint density at radius 1 is 1.40 bits per heavy atom. The topological polar surface area (TPSA) is 47.7 Å². The van der Waals surface area contributed by atoms with Gasteiger partial charge in [0.15, 0.2) is 0 Å². The van der Waals surface area contributed by atoms with Crippen LogP contribution in [-0.2, 0) is 0 Å². The van der Waals surface area contributed by atoms with Crippen molar-refractivity contribution in [3.63, 3.8) is 0 Å². The molecule has 0 aliphatic carbocycles. The number of fused-ring (bicyclic) bond motifs is 1. The molecule has 0 saturated carbocycles. The molecule has 2 aliphatic rings. The van der Waals surface area contributed by atoms with E-state index in [2.05, 4.69) is 11.9 Å². The Balaban J connectivity index is 1.51. The van der Waals surface area contributed by atoms with Gasteiger partial charge in [0, 0.05) is 17.7 Å². The Hall–Kier alpha value is -1.26. The van der Waals surface area contributed by atoms with Gasteiger partial charge in [0.25, 0.3) is 0 Å². The minimum atomic E-state index is 0.00920. The van der Waals surface area contributed by atoms with Gasteiger partial charge in [0.05, 0.1) is 12.6 Å². The highest BCUT2D eigenvalue weighted by molar-refractivity contribution is 5.44. The van der Waals surface area contributed by atoms with Crippen LogP contribution in [0.5, 0.6) is 11.5 Å². The third-order valence-electron chi connectivity index (χ3n) is 4.44. The van der Waals surface area contributed by atoms with Crippen molar-refractivity contribution in [1.82, 2.24) is 4.90 Å². The van der Waals surface area contributed by atoms with E-state index in [0.717, 1.165) is 30.1 Å². The maximum atomic E-state index is 5.94. The maximum Gasteiger partial charge on any atom is 0.127 e. The molecule has 0 radical (unpaired) electrons. The van der Waals surface area contributed by atoms with E-state index in [0.29, 0.717) is 12.6 Å². The standard InChI is InChI=1S/C16H24N2O2/c1-18-8-3-2-4-12(18)7-9-19-13-5-6-14-15(17)11-20-16(14)10-13/h5-6,10,12,15H,2-4,7-9,11,17H2,1H3. The molecule has 0 bridgehead atoms. The first-order valence-corrected chi connectivity index (χ1v) is 7.59. The first kappa shape index (κ1) is 13.7. The second-order valence-corrected chi connectivity index (χ2v) is 5.88. The smallest absolute Gasteiger partial charge is 0.127 e. The van der Waals surface area contributed by atoms with Gasteiger partial charge in [0.2, 0.25) is 0 Å². The second-order valence-electron chi connectivity index (χ2n) is 5.88. The lowest BCUT2D eigenvalue weighted by molar-refractivity contribution is 0.153. The molecule has 4 nitrogen and oxygen atoms in total. The average molecular weight is 276 g/mol. The quantitative estimate of drug-likeness (QED) is 0.917. The van der Waals surface area contributed by atoms with Crippen molar-refractivity contribution in [2.45, 2.75) is 37.8 Å². The molecule has 2 aliphatic heterocycles. The Morgan fingerprint density at radius 2 is 2.30 bits per heavy atom. The highest BCUT2D eigenvalue weighted by Gasteiger charge is 2.21. The first-order chi connectivity index (χ1) is 9.74. The zero-order valence-electron chi connectivity index (χ0n) is 12.2. The normalized spacial score (nSPS) is 26.1. The van der Waals surface area contributed by atoms with Crippen LogP contribution < -0.4 is 15.2 Å². The Labute approximate surface area is 120 Å². The fraction of sp³-hybridized carbons (Fsp3) is 0.625. The summed E-state index contributed by atoms with van der Waals surface area (Å²) in [6.45, 7) is 2.56. The van der Waals surface area contributed by atoms with Crippen LogP contribution in [0.15, 0.2) is 18.2 Å². The van der Waals surface area contributed by atoms with E-state index >= 15 is 0 Å². The van der Waals surface area contributed by atoms with Crippen molar-refractivity contribution in [3.05, 3.63) is 23.8 Å². The molecule has 20 heavy (non-hydrogen) atoms. The van der Waals surface area contributed by atoms with E-state index in [4.69, 9.17) is 15.2 Å². The summed E-state index contributed by atoms with van der Waals surface area (Å²) in [6, 6.07) is 6.66. The Morgan fingerprint density at radius 3 is 3.15 bits per heavy atom. The largest absolute Gasteiger partial charge is 0.493 e. The summed E-state index contributed by atoms with van der Waals surface area (Å²) in [5, 5.41) is 0. The number of hydrogen-bond acceptors (Lipinski definition) is 4. The van der Waals surface area contributed by atoms with Crippen LogP contribution in [-0.4, -0.2) is 37.7 Å². The molecule has 0 aromatic heterocycles. The summed E-state index contributed by atoms with van der Waals surface area (Å²) in [5.41, 5.74) is 7.03. The number of likely N-dealkylation sites (tertiary alicyclic amines) is 1. The Kier molecular flexibility index (Phi) is 4.13. The summed E-state index contributed by atoms with van der Waals surface area (Å²) in [6.07, 6.45) is 5.06. The van der Waals surface area contributed by atoms with Crippen LogP contribution in [0, 0.1) is 0 Å². The van der Waals surface area contributed by atoms with Gasteiger partial charge in [-0.1, -0.05) is 6.42 Å². The lowest BCUT2D eigenvalue weighted by Gasteiger charge is -2.32. The van der Waals surface area contributed by atoms with E-state index in [1.54, 1.807) is 0 Å². The number of piperidine rings is 1. The van der Waals surface area contributed by atoms with E-state index < -0.39 is 0 Å². The van der Waals surface area contributed by atoms with E-state index in [9.17, 15) is 0 Å². The molecule has 2 N–H and O–H groups in total. The lowest BCUT2D eigenvalue weighted by atomic mass is 10.0. The van der Waals surface area contributed by atoms with Gasteiger partial charge in [-0.25, -0.2) is 0 Å². The van der Waals surface area contributed by atoms with E-state index in [-0.39, 0.29) is 6.04 Å². The van der Waals surface area contributed by atoms with Gasteiger partial charge in [-0.15, -0.1) is 0 Å². The molecule has 0 amide bonds. The molecule has 4 heteroatoms.